The van der Waals surface area contributed by atoms with Crippen molar-refractivity contribution < 1.29 is 44.4 Å². The minimum Gasteiger partial charge on any atom is -0.508 e. The van der Waals surface area contributed by atoms with Crippen molar-refractivity contribution in [1.29, 1.82) is 0 Å². The zero-order valence-electron chi connectivity index (χ0n) is 24.1. The van der Waals surface area contributed by atoms with E-state index in [9.17, 15) is 44.4 Å². The smallest absolute Gasteiger partial charge is 0.326 e. The highest BCUT2D eigenvalue weighted by atomic mass is 16.4. The maximum atomic E-state index is 13.3. The Bertz CT molecular complexity index is 1270. The maximum Gasteiger partial charge on any atom is 0.326 e. The van der Waals surface area contributed by atoms with Gasteiger partial charge in [0, 0.05) is 12.8 Å². The van der Waals surface area contributed by atoms with Crippen molar-refractivity contribution in [3.63, 3.8) is 0 Å². The number of aliphatic carboxylic acids is 1. The summed E-state index contributed by atoms with van der Waals surface area (Å²) in [5, 5.41) is 48.1. The molecule has 0 aromatic heterocycles. The number of nitrogens with two attached hydrogens (primary N) is 1. The number of benzene rings is 2. The number of phenols is 2. The Morgan fingerprint density at radius 3 is 1.49 bits per heavy atom. The fraction of sp³-hybridized carbons (Fsp3) is 0.414. The van der Waals surface area contributed by atoms with Gasteiger partial charge in [-0.1, -0.05) is 38.1 Å². The van der Waals surface area contributed by atoms with Gasteiger partial charge < -0.3 is 47.4 Å². The number of aliphatic hydroxyl groups is 1. The number of aromatic hydroxyl groups is 2. The molecule has 0 saturated carbocycles. The summed E-state index contributed by atoms with van der Waals surface area (Å²) in [6.07, 6.45) is -0.121. The van der Waals surface area contributed by atoms with E-state index in [2.05, 4.69) is 21.3 Å². The summed E-state index contributed by atoms with van der Waals surface area (Å²) in [6.45, 7) is 3.84. The number of carbonyl (C=O) groups excluding carboxylic acids is 4. The summed E-state index contributed by atoms with van der Waals surface area (Å²) in [7, 11) is 0. The normalized spacial score (nSPS) is 14.5. The highest BCUT2D eigenvalue weighted by Gasteiger charge is 2.33. The van der Waals surface area contributed by atoms with Gasteiger partial charge in [-0.25, -0.2) is 4.79 Å². The first-order valence-electron chi connectivity index (χ1n) is 13.6. The van der Waals surface area contributed by atoms with E-state index in [1.54, 1.807) is 26.0 Å². The van der Waals surface area contributed by atoms with Crippen LogP contribution in [0.1, 0.15) is 31.9 Å². The van der Waals surface area contributed by atoms with Crippen LogP contribution >= 0.6 is 0 Å². The van der Waals surface area contributed by atoms with Crippen LogP contribution in [0, 0.1) is 5.92 Å². The zero-order valence-corrected chi connectivity index (χ0v) is 24.1. The Morgan fingerprint density at radius 2 is 1.07 bits per heavy atom. The first-order chi connectivity index (χ1) is 20.2. The van der Waals surface area contributed by atoms with E-state index >= 15 is 0 Å². The van der Waals surface area contributed by atoms with Crippen LogP contribution in [0.4, 0.5) is 0 Å². The topological polar surface area (TPSA) is 240 Å². The van der Waals surface area contributed by atoms with Crippen LogP contribution in [0.25, 0.3) is 0 Å². The van der Waals surface area contributed by atoms with Crippen molar-refractivity contribution in [2.24, 2.45) is 11.7 Å². The summed E-state index contributed by atoms with van der Waals surface area (Å²) in [6, 6.07) is 5.45. The first-order valence-corrected chi connectivity index (χ1v) is 13.6. The number of amides is 4. The van der Waals surface area contributed by atoms with Gasteiger partial charge >= 0.3 is 5.97 Å². The van der Waals surface area contributed by atoms with Crippen molar-refractivity contribution in [2.45, 2.75) is 63.8 Å². The van der Waals surface area contributed by atoms with Crippen LogP contribution in [0.5, 0.6) is 11.5 Å². The molecule has 0 aliphatic carbocycles. The van der Waals surface area contributed by atoms with Crippen molar-refractivity contribution in [3.05, 3.63) is 59.7 Å². The number of nitrogens with one attached hydrogen (secondary N) is 4. The molecule has 2 aromatic rings. The highest BCUT2D eigenvalue weighted by molar-refractivity contribution is 5.95. The lowest BCUT2D eigenvalue weighted by Crippen LogP contribution is -2.60. The molecular formula is C29H39N5O9. The van der Waals surface area contributed by atoms with Gasteiger partial charge in [0.05, 0.1) is 12.6 Å². The number of hydrogen-bond acceptors (Lipinski definition) is 9. The van der Waals surface area contributed by atoms with Crippen molar-refractivity contribution in [2.75, 3.05) is 6.61 Å². The average molecular weight is 602 g/mol. The lowest BCUT2D eigenvalue weighted by Gasteiger charge is -2.27. The van der Waals surface area contributed by atoms with E-state index in [-0.39, 0.29) is 24.3 Å². The maximum absolute atomic E-state index is 13.3. The number of hydrogen-bond donors (Lipinski definition) is 9. The van der Waals surface area contributed by atoms with Crippen molar-refractivity contribution >= 4 is 29.6 Å². The zero-order chi connectivity index (χ0) is 32.3. The number of carboxylic acids is 1. The third-order valence-corrected chi connectivity index (χ3v) is 6.48. The van der Waals surface area contributed by atoms with E-state index in [1.807, 2.05) is 0 Å². The number of phenolic OH excluding ortho intramolecular Hbond substituents is 2. The Kier molecular flexibility index (Phi) is 12.9. The largest absolute Gasteiger partial charge is 0.508 e. The Labute approximate surface area is 248 Å². The summed E-state index contributed by atoms with van der Waals surface area (Å²) in [4.78, 5) is 63.4. The van der Waals surface area contributed by atoms with Crippen LogP contribution in [-0.4, -0.2) is 86.8 Å². The van der Waals surface area contributed by atoms with Gasteiger partial charge in [0.15, 0.2) is 0 Å². The van der Waals surface area contributed by atoms with Crippen LogP contribution in [0.3, 0.4) is 0 Å². The van der Waals surface area contributed by atoms with Gasteiger partial charge in [0.2, 0.25) is 23.6 Å². The molecule has 0 aliphatic heterocycles. The van der Waals surface area contributed by atoms with Crippen molar-refractivity contribution in [1.82, 2.24) is 21.3 Å². The van der Waals surface area contributed by atoms with Gasteiger partial charge in [0.1, 0.15) is 35.7 Å². The van der Waals surface area contributed by atoms with E-state index in [0.29, 0.717) is 11.1 Å². The third kappa shape index (κ3) is 10.9. The van der Waals surface area contributed by atoms with Gasteiger partial charge in [-0.2, -0.15) is 0 Å². The number of aliphatic hydroxyl groups excluding tert-OH is 1. The lowest BCUT2D eigenvalue weighted by atomic mass is 10.00. The minimum absolute atomic E-state index is 0.0102. The fourth-order valence-corrected chi connectivity index (χ4v) is 3.96. The molecule has 14 heteroatoms. The van der Waals surface area contributed by atoms with Crippen molar-refractivity contribution in [3.8, 4) is 11.5 Å². The molecule has 0 saturated heterocycles. The second-order valence-electron chi connectivity index (χ2n) is 10.5. The standard InChI is InChI=1S/C29H39N5O9/c1-15(2)24(34-26(39)21(31-25(38)16(3)30)12-17-4-8-19(36)9-5-17)28(41)33-23(14-35)27(40)32-22(29(42)43)13-18-6-10-20(37)11-7-18/h4-11,15-16,21-24,35-37H,12-14,30H2,1-3H3,(H,31,38)(H,32,40)(H,33,41)(H,34,39)(H,42,43)/t16-,21-,22-,23-,24-/m0/s1. The summed E-state index contributed by atoms with van der Waals surface area (Å²) in [5.41, 5.74) is 6.76. The quantitative estimate of drug-likeness (QED) is 0.119. The summed E-state index contributed by atoms with van der Waals surface area (Å²) < 4.78 is 0. The van der Waals surface area contributed by atoms with E-state index in [1.165, 1.54) is 43.3 Å². The number of carbonyl (C=O) groups is 5. The molecule has 234 valence electrons. The van der Waals surface area contributed by atoms with Crippen LogP contribution in [0.15, 0.2) is 48.5 Å². The summed E-state index contributed by atoms with van der Waals surface area (Å²) in [5.74, 6) is -5.00. The van der Waals surface area contributed by atoms with Crippen LogP contribution in [-0.2, 0) is 36.8 Å². The Morgan fingerprint density at radius 1 is 0.651 bits per heavy atom. The fourth-order valence-electron chi connectivity index (χ4n) is 3.96. The molecule has 4 amide bonds. The monoisotopic (exact) mass is 601 g/mol. The molecule has 2 rings (SSSR count). The van der Waals surface area contributed by atoms with E-state index < -0.39 is 72.3 Å². The molecule has 14 nitrogen and oxygen atoms in total. The number of rotatable bonds is 15. The second kappa shape index (κ2) is 16.1. The molecule has 5 atom stereocenters. The molecule has 43 heavy (non-hydrogen) atoms. The molecule has 0 heterocycles. The predicted octanol–water partition coefficient (Wildman–Crippen LogP) is -1.10. The van der Waals surface area contributed by atoms with Crippen LogP contribution in [0.2, 0.25) is 0 Å². The molecule has 10 N–H and O–H groups in total. The molecule has 0 fully saturated rings. The second-order valence-corrected chi connectivity index (χ2v) is 10.5. The molecule has 2 aromatic carbocycles. The average Bonchev–Trinajstić information content (AvgIpc) is 2.95. The highest BCUT2D eigenvalue weighted by Crippen LogP contribution is 2.13. The lowest BCUT2D eigenvalue weighted by molar-refractivity contribution is -0.142. The third-order valence-electron chi connectivity index (χ3n) is 6.48. The van der Waals surface area contributed by atoms with Gasteiger partial charge in [-0.15, -0.1) is 0 Å². The van der Waals surface area contributed by atoms with Gasteiger partial charge in [-0.3, -0.25) is 19.2 Å². The molecule has 0 radical (unpaired) electrons. The Hall–Kier alpha value is -4.69. The molecule has 0 spiro atoms. The molecule has 0 bridgehead atoms. The van der Waals surface area contributed by atoms with E-state index in [0.717, 1.165) is 0 Å². The summed E-state index contributed by atoms with van der Waals surface area (Å²) >= 11 is 0. The van der Waals surface area contributed by atoms with Gasteiger partial charge in [0.25, 0.3) is 0 Å². The first kappa shape index (κ1) is 34.5. The minimum atomic E-state index is -1.54. The molecule has 0 unspecified atom stereocenters. The Balaban J connectivity index is 2.15. The van der Waals surface area contributed by atoms with Crippen LogP contribution < -0.4 is 27.0 Å². The predicted molar refractivity (Wildman–Crippen MR) is 155 cm³/mol. The SMILES string of the molecule is CC(C)[C@H](NC(=O)[C@H](Cc1ccc(O)cc1)NC(=O)[C@H](C)N)C(=O)N[C@@H](CO)C(=O)N[C@@H](Cc1ccc(O)cc1)C(=O)O. The molecule has 0 aliphatic rings. The van der Waals surface area contributed by atoms with Gasteiger partial charge in [-0.05, 0) is 48.2 Å². The molecular weight excluding hydrogens is 562 g/mol. The number of carboxylic acid groups (broad SMARTS) is 1. The van der Waals surface area contributed by atoms with E-state index in [4.69, 9.17) is 5.73 Å².